The quantitative estimate of drug-likeness (QED) is 0.458. The highest BCUT2D eigenvalue weighted by molar-refractivity contribution is 5.89. The first kappa shape index (κ1) is 23.9. The van der Waals surface area contributed by atoms with Crippen LogP contribution in [-0.4, -0.2) is 49.4 Å². The maximum absolute atomic E-state index is 12.6. The molecule has 178 valence electrons. The minimum absolute atomic E-state index is 0.155. The van der Waals surface area contributed by atoms with Crippen LogP contribution in [0.4, 0.5) is 0 Å². The second kappa shape index (κ2) is 11.8. The molecule has 3 aromatic rings. The summed E-state index contributed by atoms with van der Waals surface area (Å²) in [5, 5.41) is 10.5. The number of hydrogen-bond donors (Lipinski definition) is 1. The van der Waals surface area contributed by atoms with Crippen LogP contribution in [0.5, 0.6) is 5.75 Å². The zero-order valence-electron chi connectivity index (χ0n) is 18.9. The summed E-state index contributed by atoms with van der Waals surface area (Å²) in [7, 11) is 1.62. The number of aliphatic hydroxyl groups is 1. The second-order valence-electron chi connectivity index (χ2n) is 7.93. The first-order valence-electron chi connectivity index (χ1n) is 11.1. The summed E-state index contributed by atoms with van der Waals surface area (Å²) < 4.78 is 28.4. The Morgan fingerprint density at radius 2 is 1.50 bits per heavy atom. The lowest BCUT2D eigenvalue weighted by atomic mass is 10.1. The van der Waals surface area contributed by atoms with Crippen molar-refractivity contribution in [1.29, 1.82) is 0 Å². The topological polar surface area (TPSA) is 83.5 Å². The van der Waals surface area contributed by atoms with E-state index in [0.717, 1.165) is 16.9 Å². The van der Waals surface area contributed by atoms with Gasteiger partial charge in [-0.05, 0) is 35.4 Å². The third-order valence-electron chi connectivity index (χ3n) is 5.53. The van der Waals surface area contributed by atoms with E-state index in [4.69, 9.17) is 23.7 Å². The van der Waals surface area contributed by atoms with E-state index in [-0.39, 0.29) is 13.2 Å². The molecule has 7 nitrogen and oxygen atoms in total. The van der Waals surface area contributed by atoms with Gasteiger partial charge in [-0.15, -0.1) is 0 Å². The van der Waals surface area contributed by atoms with Crippen LogP contribution in [0, 0.1) is 0 Å². The van der Waals surface area contributed by atoms with Crippen molar-refractivity contribution in [2.75, 3.05) is 13.7 Å². The number of aliphatic hydroxyl groups excluding tert-OH is 1. The van der Waals surface area contributed by atoms with Gasteiger partial charge in [-0.2, -0.15) is 0 Å². The molecule has 0 aromatic heterocycles. The molecule has 1 N–H and O–H groups in total. The van der Waals surface area contributed by atoms with Gasteiger partial charge in [-0.3, -0.25) is 0 Å². The van der Waals surface area contributed by atoms with E-state index < -0.39 is 30.6 Å². The molecule has 34 heavy (non-hydrogen) atoms. The predicted molar refractivity (Wildman–Crippen MR) is 124 cm³/mol. The van der Waals surface area contributed by atoms with Gasteiger partial charge in [0.1, 0.15) is 18.0 Å². The fourth-order valence-corrected chi connectivity index (χ4v) is 3.72. The fraction of sp³-hybridized carbons (Fsp3) is 0.296. The summed E-state index contributed by atoms with van der Waals surface area (Å²) in [4.78, 5) is 12.6. The standard InChI is InChI=1S/C27H28O7/c1-30-22-14-12-20(13-15-22)16-31-18-23-24(32-17-19-8-4-2-5-9-19)25(27(29)33-23)34-26(28)21-10-6-3-7-11-21/h2-15,23-25,27,29H,16-18H2,1H3/t23-,24-,25+,27+/m1/s1. The van der Waals surface area contributed by atoms with Gasteiger partial charge in [0.15, 0.2) is 12.4 Å². The highest BCUT2D eigenvalue weighted by atomic mass is 16.7. The van der Waals surface area contributed by atoms with Crippen molar-refractivity contribution < 1.29 is 33.6 Å². The van der Waals surface area contributed by atoms with Crippen LogP contribution < -0.4 is 4.74 Å². The van der Waals surface area contributed by atoms with Crippen molar-refractivity contribution >= 4 is 5.97 Å². The van der Waals surface area contributed by atoms with E-state index >= 15 is 0 Å². The molecule has 1 heterocycles. The van der Waals surface area contributed by atoms with E-state index in [1.165, 1.54) is 0 Å². The molecule has 7 heteroatoms. The summed E-state index contributed by atoms with van der Waals surface area (Å²) in [6.07, 6.45) is -3.65. The highest BCUT2D eigenvalue weighted by Gasteiger charge is 2.47. The molecule has 0 aliphatic carbocycles. The van der Waals surface area contributed by atoms with Gasteiger partial charge in [-0.25, -0.2) is 4.79 Å². The number of ether oxygens (including phenoxy) is 5. The van der Waals surface area contributed by atoms with Crippen molar-refractivity contribution in [2.24, 2.45) is 0 Å². The number of methoxy groups -OCH3 is 1. The molecule has 1 saturated heterocycles. The van der Waals surface area contributed by atoms with Crippen molar-refractivity contribution in [1.82, 2.24) is 0 Å². The molecular weight excluding hydrogens is 436 g/mol. The third-order valence-corrected chi connectivity index (χ3v) is 5.53. The molecule has 4 atom stereocenters. The van der Waals surface area contributed by atoms with E-state index in [1.807, 2.05) is 60.7 Å². The monoisotopic (exact) mass is 464 g/mol. The first-order valence-corrected chi connectivity index (χ1v) is 11.1. The molecule has 0 unspecified atom stereocenters. The molecule has 1 aliphatic rings. The molecular formula is C27H28O7. The maximum atomic E-state index is 12.6. The Morgan fingerprint density at radius 3 is 2.18 bits per heavy atom. The van der Waals surface area contributed by atoms with Crippen molar-refractivity contribution in [3.63, 3.8) is 0 Å². The Morgan fingerprint density at radius 1 is 0.853 bits per heavy atom. The Kier molecular flexibility index (Phi) is 8.27. The van der Waals surface area contributed by atoms with Gasteiger partial charge in [0.25, 0.3) is 0 Å². The SMILES string of the molecule is COc1ccc(COC[C@H]2O[C@H](O)[C@@H](OC(=O)c3ccccc3)[C@@H]2OCc2ccccc2)cc1. The van der Waals surface area contributed by atoms with Crippen LogP contribution in [0.2, 0.25) is 0 Å². The Labute approximate surface area is 198 Å². The summed E-state index contributed by atoms with van der Waals surface area (Å²) in [6.45, 7) is 0.776. The average molecular weight is 465 g/mol. The van der Waals surface area contributed by atoms with Crippen molar-refractivity contribution in [2.45, 2.75) is 37.8 Å². The maximum Gasteiger partial charge on any atom is 0.338 e. The third kappa shape index (κ3) is 6.21. The zero-order valence-corrected chi connectivity index (χ0v) is 18.9. The van der Waals surface area contributed by atoms with Gasteiger partial charge in [0, 0.05) is 0 Å². The normalized spacial score (nSPS) is 21.8. The molecule has 0 radical (unpaired) electrons. The van der Waals surface area contributed by atoms with E-state index in [1.54, 1.807) is 31.4 Å². The first-order chi connectivity index (χ1) is 16.6. The molecule has 1 aliphatic heterocycles. The minimum atomic E-state index is -1.33. The van der Waals surface area contributed by atoms with Crippen molar-refractivity contribution in [3.8, 4) is 5.75 Å². The number of carbonyl (C=O) groups excluding carboxylic acids is 1. The van der Waals surface area contributed by atoms with E-state index in [2.05, 4.69) is 0 Å². The average Bonchev–Trinajstić information content (AvgIpc) is 3.18. The van der Waals surface area contributed by atoms with Crippen LogP contribution in [0.25, 0.3) is 0 Å². The molecule has 0 amide bonds. The van der Waals surface area contributed by atoms with Gasteiger partial charge >= 0.3 is 5.97 Å². The summed E-state index contributed by atoms with van der Waals surface area (Å²) >= 11 is 0. The lowest BCUT2D eigenvalue weighted by Crippen LogP contribution is -2.40. The van der Waals surface area contributed by atoms with Crippen LogP contribution in [0.15, 0.2) is 84.9 Å². The van der Waals surface area contributed by atoms with E-state index in [0.29, 0.717) is 12.2 Å². The van der Waals surface area contributed by atoms with Crippen LogP contribution in [0.3, 0.4) is 0 Å². The summed E-state index contributed by atoms with van der Waals surface area (Å²) in [6, 6.07) is 25.8. The fourth-order valence-electron chi connectivity index (χ4n) is 3.72. The Bertz CT molecular complexity index is 1020. The Balaban J connectivity index is 1.42. The molecule has 4 rings (SSSR count). The number of esters is 1. The molecule has 0 spiro atoms. The predicted octanol–water partition coefficient (Wildman–Crippen LogP) is 3.74. The van der Waals surface area contributed by atoms with Crippen molar-refractivity contribution in [3.05, 3.63) is 102 Å². The zero-order chi connectivity index (χ0) is 23.8. The summed E-state index contributed by atoms with van der Waals surface area (Å²) in [5.41, 5.74) is 2.30. The molecule has 1 fully saturated rings. The molecule has 0 bridgehead atoms. The Hall–Kier alpha value is -3.23. The van der Waals surface area contributed by atoms with Gasteiger partial charge < -0.3 is 28.8 Å². The van der Waals surface area contributed by atoms with Crippen LogP contribution >= 0.6 is 0 Å². The van der Waals surface area contributed by atoms with Gasteiger partial charge in [0.05, 0.1) is 32.5 Å². The number of benzene rings is 3. The van der Waals surface area contributed by atoms with Crippen LogP contribution in [0.1, 0.15) is 21.5 Å². The van der Waals surface area contributed by atoms with Gasteiger partial charge in [-0.1, -0.05) is 60.7 Å². The molecule has 0 saturated carbocycles. The molecule has 3 aromatic carbocycles. The second-order valence-corrected chi connectivity index (χ2v) is 7.93. The minimum Gasteiger partial charge on any atom is -0.497 e. The van der Waals surface area contributed by atoms with E-state index in [9.17, 15) is 9.90 Å². The number of hydrogen-bond acceptors (Lipinski definition) is 7. The lowest BCUT2D eigenvalue weighted by molar-refractivity contribution is -0.139. The summed E-state index contributed by atoms with van der Waals surface area (Å²) in [5.74, 6) is 0.213. The number of rotatable bonds is 10. The number of carbonyl (C=O) groups is 1. The van der Waals surface area contributed by atoms with Crippen LogP contribution in [-0.2, 0) is 32.2 Å². The highest BCUT2D eigenvalue weighted by Crippen LogP contribution is 2.28. The largest absolute Gasteiger partial charge is 0.497 e. The smallest absolute Gasteiger partial charge is 0.338 e. The van der Waals surface area contributed by atoms with Gasteiger partial charge in [0.2, 0.25) is 0 Å². The lowest BCUT2D eigenvalue weighted by Gasteiger charge is -2.23.